The van der Waals surface area contributed by atoms with Gasteiger partial charge in [0.15, 0.2) is 5.76 Å². The maximum Gasteiger partial charge on any atom is 0.266 e. The van der Waals surface area contributed by atoms with E-state index in [1.165, 1.54) is 12.1 Å². The van der Waals surface area contributed by atoms with Crippen LogP contribution in [0.3, 0.4) is 0 Å². The van der Waals surface area contributed by atoms with E-state index < -0.39 is 0 Å². The summed E-state index contributed by atoms with van der Waals surface area (Å²) >= 11 is 10.9. The Morgan fingerprint density at radius 2 is 1.55 bits per heavy atom. The Morgan fingerprint density at radius 1 is 0.950 bits per heavy atom. The van der Waals surface area contributed by atoms with E-state index in [2.05, 4.69) is 4.98 Å². The maximum absolute atomic E-state index is 13.0. The molecule has 2 nitrogen and oxygen atoms in total. The highest BCUT2D eigenvalue weighted by Gasteiger charge is 2.13. The molecular formula is C15H9ClFNOS. The summed E-state index contributed by atoms with van der Waals surface area (Å²) in [5.41, 5.74) is 2.37. The van der Waals surface area contributed by atoms with Gasteiger partial charge in [-0.1, -0.05) is 11.6 Å². The quantitative estimate of drug-likeness (QED) is 0.637. The molecule has 2 aromatic carbocycles. The van der Waals surface area contributed by atoms with Crippen LogP contribution in [-0.2, 0) is 0 Å². The molecule has 0 fully saturated rings. The number of rotatable bonds is 2. The minimum Gasteiger partial charge on any atom is -0.429 e. The third-order valence-corrected chi connectivity index (χ3v) is 3.33. The van der Waals surface area contributed by atoms with E-state index in [0.29, 0.717) is 10.8 Å². The molecule has 0 saturated heterocycles. The van der Waals surface area contributed by atoms with Gasteiger partial charge in [-0.25, -0.2) is 4.39 Å². The van der Waals surface area contributed by atoms with E-state index in [1.807, 2.05) is 12.1 Å². The molecule has 3 aromatic rings. The van der Waals surface area contributed by atoms with E-state index in [1.54, 1.807) is 24.3 Å². The Labute approximate surface area is 124 Å². The standard InChI is InChI=1S/C15H9ClFNOS/c16-11-5-1-10(2-6-11)14-13(18-15(20)19-14)9-3-7-12(17)8-4-9/h1-8H,(H,18,20). The Kier molecular flexibility index (Phi) is 3.42. The number of aromatic nitrogens is 1. The lowest BCUT2D eigenvalue weighted by Gasteiger charge is -2.02. The first kappa shape index (κ1) is 13.1. The van der Waals surface area contributed by atoms with Gasteiger partial charge in [-0.3, -0.25) is 0 Å². The smallest absolute Gasteiger partial charge is 0.266 e. The molecule has 20 heavy (non-hydrogen) atoms. The Hall–Kier alpha value is -1.91. The first-order valence-electron chi connectivity index (χ1n) is 5.88. The van der Waals surface area contributed by atoms with Crippen molar-refractivity contribution in [1.82, 2.24) is 4.98 Å². The normalized spacial score (nSPS) is 10.7. The van der Waals surface area contributed by atoms with Gasteiger partial charge in [-0.2, -0.15) is 0 Å². The highest BCUT2D eigenvalue weighted by Crippen LogP contribution is 2.32. The predicted molar refractivity (Wildman–Crippen MR) is 79.7 cm³/mol. The average Bonchev–Trinajstić information content (AvgIpc) is 2.82. The minimum atomic E-state index is -0.288. The van der Waals surface area contributed by atoms with Crippen LogP contribution < -0.4 is 0 Å². The molecule has 0 atom stereocenters. The monoisotopic (exact) mass is 305 g/mol. The van der Waals surface area contributed by atoms with Crippen molar-refractivity contribution in [2.45, 2.75) is 0 Å². The van der Waals surface area contributed by atoms with E-state index in [0.717, 1.165) is 16.8 Å². The van der Waals surface area contributed by atoms with Gasteiger partial charge in [0.25, 0.3) is 4.84 Å². The molecule has 0 aliphatic rings. The number of nitrogens with one attached hydrogen (secondary N) is 1. The fourth-order valence-corrected chi connectivity index (χ4v) is 2.26. The molecule has 1 N–H and O–H groups in total. The molecule has 3 rings (SSSR count). The maximum atomic E-state index is 13.0. The van der Waals surface area contributed by atoms with Gasteiger partial charge in [0.05, 0.1) is 5.69 Å². The van der Waals surface area contributed by atoms with Crippen molar-refractivity contribution in [2.75, 3.05) is 0 Å². The molecule has 0 aliphatic carbocycles. The van der Waals surface area contributed by atoms with Gasteiger partial charge in [0.2, 0.25) is 0 Å². The minimum absolute atomic E-state index is 0.272. The average molecular weight is 306 g/mol. The summed E-state index contributed by atoms with van der Waals surface area (Å²) in [5.74, 6) is 0.321. The van der Waals surface area contributed by atoms with Crippen molar-refractivity contribution >= 4 is 23.8 Å². The molecule has 0 bridgehead atoms. The second-order valence-corrected chi connectivity index (χ2v) is 5.04. The number of hydrogen-bond donors (Lipinski definition) is 1. The molecule has 0 saturated carbocycles. The number of benzene rings is 2. The number of oxazole rings is 1. The second kappa shape index (κ2) is 5.23. The van der Waals surface area contributed by atoms with Gasteiger partial charge in [0.1, 0.15) is 5.82 Å². The predicted octanol–water partition coefficient (Wildman–Crippen LogP) is 5.46. The lowest BCUT2D eigenvalue weighted by molar-refractivity contribution is 0.554. The van der Waals surface area contributed by atoms with Crippen LogP contribution in [0.2, 0.25) is 5.02 Å². The van der Waals surface area contributed by atoms with E-state index in [9.17, 15) is 4.39 Å². The lowest BCUT2D eigenvalue weighted by atomic mass is 10.1. The zero-order valence-electron chi connectivity index (χ0n) is 10.2. The summed E-state index contributed by atoms with van der Waals surface area (Å²) in [6, 6.07) is 13.4. The Morgan fingerprint density at radius 3 is 2.20 bits per heavy atom. The molecule has 5 heteroatoms. The van der Waals surface area contributed by atoms with Crippen LogP contribution >= 0.6 is 23.8 Å². The fraction of sp³-hybridized carbons (Fsp3) is 0. The van der Waals surface area contributed by atoms with Crippen molar-refractivity contribution in [3.8, 4) is 22.6 Å². The molecule has 0 spiro atoms. The molecule has 1 heterocycles. The number of aromatic amines is 1. The Balaban J connectivity index is 2.15. The van der Waals surface area contributed by atoms with Crippen LogP contribution in [0.5, 0.6) is 0 Å². The first-order valence-corrected chi connectivity index (χ1v) is 6.67. The molecule has 0 amide bonds. The zero-order valence-corrected chi connectivity index (χ0v) is 11.8. The number of halogens is 2. The lowest BCUT2D eigenvalue weighted by Crippen LogP contribution is -1.83. The van der Waals surface area contributed by atoms with Gasteiger partial charge < -0.3 is 9.40 Å². The number of H-pyrrole nitrogens is 1. The summed E-state index contributed by atoms with van der Waals surface area (Å²) in [4.78, 5) is 3.26. The van der Waals surface area contributed by atoms with Crippen molar-refractivity contribution in [3.05, 3.63) is 64.2 Å². The summed E-state index contributed by atoms with van der Waals surface area (Å²) in [6.07, 6.45) is 0. The van der Waals surface area contributed by atoms with Crippen LogP contribution in [0.15, 0.2) is 52.9 Å². The largest absolute Gasteiger partial charge is 0.429 e. The number of hydrogen-bond acceptors (Lipinski definition) is 2. The molecule has 0 radical (unpaired) electrons. The third-order valence-electron chi connectivity index (χ3n) is 2.89. The van der Waals surface area contributed by atoms with Crippen molar-refractivity contribution < 1.29 is 8.81 Å². The van der Waals surface area contributed by atoms with Gasteiger partial charge in [-0.05, 0) is 60.7 Å². The highest BCUT2D eigenvalue weighted by molar-refractivity contribution is 7.71. The third kappa shape index (κ3) is 2.53. The van der Waals surface area contributed by atoms with E-state index in [4.69, 9.17) is 28.2 Å². The van der Waals surface area contributed by atoms with Crippen LogP contribution in [-0.4, -0.2) is 4.98 Å². The van der Waals surface area contributed by atoms with Crippen molar-refractivity contribution in [3.63, 3.8) is 0 Å². The van der Waals surface area contributed by atoms with Crippen LogP contribution in [0.1, 0.15) is 0 Å². The topological polar surface area (TPSA) is 28.9 Å². The van der Waals surface area contributed by atoms with Gasteiger partial charge in [-0.15, -0.1) is 0 Å². The van der Waals surface area contributed by atoms with Crippen LogP contribution in [0.4, 0.5) is 4.39 Å². The van der Waals surface area contributed by atoms with Crippen molar-refractivity contribution in [2.24, 2.45) is 0 Å². The molecule has 100 valence electrons. The highest BCUT2D eigenvalue weighted by atomic mass is 35.5. The van der Waals surface area contributed by atoms with E-state index >= 15 is 0 Å². The van der Waals surface area contributed by atoms with Crippen molar-refractivity contribution in [1.29, 1.82) is 0 Å². The summed E-state index contributed by atoms with van der Waals surface area (Å²) < 4.78 is 18.6. The fourth-order valence-electron chi connectivity index (χ4n) is 1.95. The van der Waals surface area contributed by atoms with Gasteiger partial charge in [0, 0.05) is 16.1 Å². The van der Waals surface area contributed by atoms with Crippen LogP contribution in [0.25, 0.3) is 22.6 Å². The van der Waals surface area contributed by atoms with Crippen LogP contribution in [0, 0.1) is 10.7 Å². The summed E-state index contributed by atoms with van der Waals surface area (Å²) in [5, 5.41) is 0.645. The summed E-state index contributed by atoms with van der Waals surface area (Å²) in [7, 11) is 0. The van der Waals surface area contributed by atoms with Gasteiger partial charge >= 0.3 is 0 Å². The molecular weight excluding hydrogens is 297 g/mol. The SMILES string of the molecule is Fc1ccc(-c2[nH]c(=S)oc2-c2ccc(Cl)cc2)cc1. The zero-order chi connectivity index (χ0) is 14.1. The Bertz CT molecular complexity index is 724. The molecule has 0 unspecified atom stereocenters. The first-order chi connectivity index (χ1) is 9.63. The molecule has 0 aliphatic heterocycles. The molecule has 1 aromatic heterocycles. The summed E-state index contributed by atoms with van der Waals surface area (Å²) in [6.45, 7) is 0. The second-order valence-electron chi connectivity index (χ2n) is 4.23. The van der Waals surface area contributed by atoms with E-state index in [-0.39, 0.29) is 10.7 Å².